The molecule has 1 atom stereocenters. The molecule has 0 aliphatic rings. The molecule has 0 bridgehead atoms. The van der Waals surface area contributed by atoms with Gasteiger partial charge in [0.15, 0.2) is 0 Å². The number of nitrogens with zero attached hydrogens (tertiary/aromatic N) is 3. The third-order valence-corrected chi connectivity index (χ3v) is 3.61. The number of carbonyl (C=O) groups is 2. The smallest absolute Gasteiger partial charge is 0.326 e. The van der Waals surface area contributed by atoms with Crippen LogP contribution in [0.4, 0.5) is 0 Å². The average Bonchev–Trinajstić information content (AvgIpc) is 2.92. The van der Waals surface area contributed by atoms with Crippen LogP contribution in [0.5, 0.6) is 0 Å². The maximum atomic E-state index is 12.1. The molecule has 1 unspecified atom stereocenters. The summed E-state index contributed by atoms with van der Waals surface area (Å²) in [4.78, 5) is 23.3. The summed E-state index contributed by atoms with van der Waals surface area (Å²) in [5.41, 5.74) is 2.11. The van der Waals surface area contributed by atoms with Gasteiger partial charge in [-0.05, 0) is 31.9 Å². The fourth-order valence-corrected chi connectivity index (χ4v) is 2.28. The van der Waals surface area contributed by atoms with Crippen molar-refractivity contribution in [1.82, 2.24) is 20.3 Å². The molecule has 0 saturated carbocycles. The van der Waals surface area contributed by atoms with Crippen molar-refractivity contribution in [2.75, 3.05) is 0 Å². The summed E-state index contributed by atoms with van der Waals surface area (Å²) in [5.74, 6) is -1.45. The number of hydrogen-bond donors (Lipinski definition) is 2. The number of amides is 1. The van der Waals surface area contributed by atoms with Crippen LogP contribution in [-0.4, -0.2) is 38.0 Å². The second-order valence-corrected chi connectivity index (χ2v) is 5.37. The third kappa shape index (κ3) is 4.28. The second-order valence-electron chi connectivity index (χ2n) is 5.37. The predicted octanol–water partition coefficient (Wildman–Crippen LogP) is 1.65. The minimum absolute atomic E-state index is 0.0173. The van der Waals surface area contributed by atoms with Crippen LogP contribution in [0.15, 0.2) is 43.0 Å². The maximum Gasteiger partial charge on any atom is 0.326 e. The van der Waals surface area contributed by atoms with Crippen molar-refractivity contribution < 1.29 is 14.7 Å². The molecule has 1 aromatic heterocycles. The SMILES string of the molecule is C=CCCC(NC(=O)Cc1nnn(-c2ccccc2)c1C)C(=O)O. The largest absolute Gasteiger partial charge is 0.480 e. The Kier molecular flexibility index (Phi) is 5.83. The standard InChI is InChI=1S/C17H20N4O3/c1-3-4-10-14(17(23)24)18-16(22)11-15-12(2)21(20-19-15)13-8-6-5-7-9-13/h3,5-9,14H,1,4,10-11H2,2H3,(H,18,22)(H,23,24). The van der Waals surface area contributed by atoms with Crippen LogP contribution in [0.3, 0.4) is 0 Å². The van der Waals surface area contributed by atoms with Crippen LogP contribution in [0, 0.1) is 6.92 Å². The van der Waals surface area contributed by atoms with E-state index in [0.717, 1.165) is 11.4 Å². The Morgan fingerprint density at radius 1 is 1.38 bits per heavy atom. The Morgan fingerprint density at radius 2 is 2.08 bits per heavy atom. The van der Waals surface area contributed by atoms with Crippen LogP contribution >= 0.6 is 0 Å². The van der Waals surface area contributed by atoms with Gasteiger partial charge in [-0.15, -0.1) is 11.7 Å². The highest BCUT2D eigenvalue weighted by molar-refractivity contribution is 5.84. The molecule has 0 aliphatic heterocycles. The molecule has 1 heterocycles. The summed E-state index contributed by atoms with van der Waals surface area (Å²) in [6.45, 7) is 5.38. The van der Waals surface area contributed by atoms with Gasteiger partial charge in [-0.25, -0.2) is 9.48 Å². The van der Waals surface area contributed by atoms with E-state index in [0.29, 0.717) is 18.5 Å². The lowest BCUT2D eigenvalue weighted by atomic mass is 10.1. The number of nitrogens with one attached hydrogen (secondary N) is 1. The molecule has 0 spiro atoms. The van der Waals surface area contributed by atoms with Gasteiger partial charge in [-0.2, -0.15) is 0 Å². The van der Waals surface area contributed by atoms with E-state index in [2.05, 4.69) is 22.2 Å². The van der Waals surface area contributed by atoms with E-state index in [1.807, 2.05) is 37.3 Å². The number of hydrogen-bond acceptors (Lipinski definition) is 4. The number of aliphatic carboxylic acids is 1. The minimum Gasteiger partial charge on any atom is -0.480 e. The molecular formula is C17H20N4O3. The predicted molar refractivity (Wildman–Crippen MR) is 88.8 cm³/mol. The second kappa shape index (κ2) is 8.05. The fraction of sp³-hybridized carbons (Fsp3) is 0.294. The molecule has 2 aromatic rings. The molecule has 1 aromatic carbocycles. The molecule has 7 heteroatoms. The fourth-order valence-electron chi connectivity index (χ4n) is 2.28. The number of carboxylic acids is 1. The molecule has 0 fully saturated rings. The minimum atomic E-state index is -1.06. The number of para-hydroxylation sites is 1. The molecule has 2 rings (SSSR count). The van der Waals surface area contributed by atoms with E-state index in [1.165, 1.54) is 0 Å². The van der Waals surface area contributed by atoms with Gasteiger partial charge in [0.1, 0.15) is 6.04 Å². The van der Waals surface area contributed by atoms with Crippen molar-refractivity contribution in [3.63, 3.8) is 0 Å². The first-order valence-electron chi connectivity index (χ1n) is 7.62. The molecule has 7 nitrogen and oxygen atoms in total. The van der Waals surface area contributed by atoms with Crippen LogP contribution in [0.1, 0.15) is 24.2 Å². The number of aromatic nitrogens is 3. The lowest BCUT2D eigenvalue weighted by Gasteiger charge is -2.13. The van der Waals surface area contributed by atoms with Gasteiger partial charge in [-0.3, -0.25) is 4.79 Å². The van der Waals surface area contributed by atoms with Crippen molar-refractivity contribution >= 4 is 11.9 Å². The van der Waals surface area contributed by atoms with Crippen molar-refractivity contribution in [2.45, 2.75) is 32.2 Å². The first-order chi connectivity index (χ1) is 11.5. The Hall–Kier alpha value is -2.96. The summed E-state index contributed by atoms with van der Waals surface area (Å²) >= 11 is 0. The molecule has 24 heavy (non-hydrogen) atoms. The Bertz CT molecular complexity index is 725. The van der Waals surface area contributed by atoms with Crippen LogP contribution < -0.4 is 5.32 Å². The van der Waals surface area contributed by atoms with Gasteiger partial charge >= 0.3 is 5.97 Å². The zero-order valence-electron chi connectivity index (χ0n) is 13.5. The van der Waals surface area contributed by atoms with Crippen LogP contribution in [0.2, 0.25) is 0 Å². The van der Waals surface area contributed by atoms with Crippen LogP contribution in [0.25, 0.3) is 5.69 Å². The van der Waals surface area contributed by atoms with Gasteiger partial charge in [0.25, 0.3) is 0 Å². The number of benzene rings is 1. The van der Waals surface area contributed by atoms with Gasteiger partial charge in [0.05, 0.1) is 23.5 Å². The molecule has 0 aliphatic carbocycles. The monoisotopic (exact) mass is 328 g/mol. The van der Waals surface area contributed by atoms with E-state index >= 15 is 0 Å². The van der Waals surface area contributed by atoms with E-state index in [1.54, 1.807) is 10.8 Å². The molecular weight excluding hydrogens is 308 g/mol. The Morgan fingerprint density at radius 3 is 2.71 bits per heavy atom. The molecule has 2 N–H and O–H groups in total. The van der Waals surface area contributed by atoms with Crippen molar-refractivity contribution in [3.05, 3.63) is 54.4 Å². The maximum absolute atomic E-state index is 12.1. The topological polar surface area (TPSA) is 97.1 Å². The average molecular weight is 328 g/mol. The highest BCUT2D eigenvalue weighted by atomic mass is 16.4. The lowest BCUT2D eigenvalue weighted by Crippen LogP contribution is -2.41. The summed E-state index contributed by atoms with van der Waals surface area (Å²) in [6, 6.07) is 8.53. The van der Waals surface area contributed by atoms with Crippen molar-refractivity contribution in [2.24, 2.45) is 0 Å². The van der Waals surface area contributed by atoms with Gasteiger partial charge in [0.2, 0.25) is 5.91 Å². The third-order valence-electron chi connectivity index (χ3n) is 3.61. The summed E-state index contributed by atoms with van der Waals surface area (Å²) < 4.78 is 1.65. The highest BCUT2D eigenvalue weighted by Crippen LogP contribution is 2.12. The Labute approximate surface area is 140 Å². The normalized spacial score (nSPS) is 11.7. The number of carbonyl (C=O) groups excluding carboxylic acids is 1. The number of rotatable bonds is 8. The number of allylic oxidation sites excluding steroid dienone is 1. The van der Waals surface area contributed by atoms with Gasteiger partial charge in [-0.1, -0.05) is 29.5 Å². The van der Waals surface area contributed by atoms with Gasteiger partial charge < -0.3 is 10.4 Å². The first kappa shape index (κ1) is 17.4. The van der Waals surface area contributed by atoms with Crippen molar-refractivity contribution in [1.29, 1.82) is 0 Å². The summed E-state index contributed by atoms with van der Waals surface area (Å²) in [6.07, 6.45) is 2.43. The lowest BCUT2D eigenvalue weighted by molar-refractivity contribution is -0.141. The molecule has 0 radical (unpaired) electrons. The Balaban J connectivity index is 2.05. The summed E-state index contributed by atoms with van der Waals surface area (Å²) in [5, 5.41) is 19.7. The quantitative estimate of drug-likeness (QED) is 0.718. The zero-order valence-corrected chi connectivity index (χ0v) is 13.5. The van der Waals surface area contributed by atoms with E-state index < -0.39 is 17.9 Å². The van der Waals surface area contributed by atoms with Gasteiger partial charge in [0, 0.05) is 0 Å². The molecule has 1 amide bonds. The molecule has 0 saturated heterocycles. The van der Waals surface area contributed by atoms with E-state index in [4.69, 9.17) is 5.11 Å². The van der Waals surface area contributed by atoms with E-state index in [-0.39, 0.29) is 6.42 Å². The highest BCUT2D eigenvalue weighted by Gasteiger charge is 2.21. The van der Waals surface area contributed by atoms with Crippen molar-refractivity contribution in [3.8, 4) is 5.69 Å². The summed E-state index contributed by atoms with van der Waals surface area (Å²) in [7, 11) is 0. The van der Waals surface area contributed by atoms with Crippen LogP contribution in [-0.2, 0) is 16.0 Å². The molecule has 126 valence electrons. The number of carboxylic acid groups (broad SMARTS) is 1. The first-order valence-corrected chi connectivity index (χ1v) is 7.62. The van der Waals surface area contributed by atoms with E-state index in [9.17, 15) is 9.59 Å². The zero-order chi connectivity index (χ0) is 17.5.